The van der Waals surface area contributed by atoms with E-state index in [0.717, 1.165) is 12.6 Å². The van der Waals surface area contributed by atoms with Crippen LogP contribution in [0.3, 0.4) is 0 Å². The fourth-order valence-corrected chi connectivity index (χ4v) is 2.19. The Bertz CT molecular complexity index is 519. The van der Waals surface area contributed by atoms with Crippen molar-refractivity contribution in [1.82, 2.24) is 5.32 Å². The molecule has 0 aromatic heterocycles. The molecule has 2 amide bonds. The van der Waals surface area contributed by atoms with Gasteiger partial charge in [0, 0.05) is 12.2 Å². The van der Waals surface area contributed by atoms with Crippen LogP contribution >= 0.6 is 0 Å². The summed E-state index contributed by atoms with van der Waals surface area (Å²) in [5.41, 5.74) is 5.20. The summed E-state index contributed by atoms with van der Waals surface area (Å²) in [6, 6.07) is 3.78. The first kappa shape index (κ1) is 13.5. The molecule has 1 aliphatic rings. The van der Waals surface area contributed by atoms with Crippen molar-refractivity contribution in [2.75, 3.05) is 18.4 Å². The smallest absolute Gasteiger partial charge is 0.251 e. The number of primary amides is 1. The highest BCUT2D eigenvalue weighted by molar-refractivity contribution is 5.97. The van der Waals surface area contributed by atoms with Gasteiger partial charge in [0.15, 0.2) is 0 Å². The number of hydrogen-bond donors (Lipinski definition) is 3. The van der Waals surface area contributed by atoms with Gasteiger partial charge >= 0.3 is 0 Å². The zero-order valence-corrected chi connectivity index (χ0v) is 10.6. The van der Waals surface area contributed by atoms with Gasteiger partial charge in [-0.05, 0) is 30.7 Å². The van der Waals surface area contributed by atoms with Gasteiger partial charge in [-0.2, -0.15) is 0 Å². The summed E-state index contributed by atoms with van der Waals surface area (Å²) in [4.78, 5) is 23.1. The molecule has 19 heavy (non-hydrogen) atoms. The Labute approximate surface area is 110 Å². The first-order valence-electron chi connectivity index (χ1n) is 6.10. The molecule has 0 bridgehead atoms. The minimum absolute atomic E-state index is 0.123. The Morgan fingerprint density at radius 3 is 2.74 bits per heavy atom. The lowest BCUT2D eigenvalue weighted by Gasteiger charge is -2.14. The largest absolute Gasteiger partial charge is 0.366 e. The van der Waals surface area contributed by atoms with E-state index in [-0.39, 0.29) is 23.3 Å². The number of carbonyl (C=O) groups excluding carboxylic acids is 2. The Balaban J connectivity index is 2.13. The highest BCUT2D eigenvalue weighted by Crippen LogP contribution is 2.20. The fraction of sp³-hybridized carbons (Fsp3) is 0.385. The van der Waals surface area contributed by atoms with E-state index in [1.54, 1.807) is 0 Å². The zero-order valence-electron chi connectivity index (χ0n) is 10.6. The molecule has 6 heteroatoms. The van der Waals surface area contributed by atoms with Crippen LogP contribution in [-0.2, 0) is 4.79 Å². The minimum atomic E-state index is -0.857. The second-order valence-corrected chi connectivity index (χ2v) is 4.79. The van der Waals surface area contributed by atoms with Crippen molar-refractivity contribution in [2.45, 2.75) is 6.92 Å². The number of hydrogen-bond acceptors (Lipinski definition) is 3. The van der Waals surface area contributed by atoms with Crippen LogP contribution in [0.15, 0.2) is 18.2 Å². The number of amides is 2. The highest BCUT2D eigenvalue weighted by Gasteiger charge is 2.29. The van der Waals surface area contributed by atoms with E-state index in [1.165, 1.54) is 12.1 Å². The third-order valence-electron chi connectivity index (χ3n) is 3.35. The first-order valence-corrected chi connectivity index (χ1v) is 6.10. The minimum Gasteiger partial charge on any atom is -0.366 e. The summed E-state index contributed by atoms with van der Waals surface area (Å²) in [6.07, 6.45) is 0. The fourth-order valence-electron chi connectivity index (χ4n) is 2.19. The number of benzene rings is 1. The maximum atomic E-state index is 13.3. The number of carbonyl (C=O) groups is 2. The third-order valence-corrected chi connectivity index (χ3v) is 3.35. The Kier molecular flexibility index (Phi) is 3.80. The number of anilines is 1. The summed E-state index contributed by atoms with van der Waals surface area (Å²) in [5.74, 6) is -1.57. The van der Waals surface area contributed by atoms with Crippen LogP contribution < -0.4 is 16.4 Å². The maximum absolute atomic E-state index is 13.3. The van der Waals surface area contributed by atoms with Crippen molar-refractivity contribution in [3.05, 3.63) is 29.6 Å². The van der Waals surface area contributed by atoms with Crippen molar-refractivity contribution in [1.29, 1.82) is 0 Å². The van der Waals surface area contributed by atoms with Gasteiger partial charge in [-0.3, -0.25) is 9.59 Å². The van der Waals surface area contributed by atoms with Gasteiger partial charge in [-0.1, -0.05) is 6.92 Å². The third kappa shape index (κ3) is 2.90. The molecule has 0 saturated carbocycles. The molecule has 1 aromatic carbocycles. The SMILES string of the molecule is CC1CNCC1C(=O)Nc1ccc(F)c(C(N)=O)c1. The van der Waals surface area contributed by atoms with Crippen molar-refractivity contribution >= 4 is 17.5 Å². The normalized spacial score (nSPS) is 22.2. The highest BCUT2D eigenvalue weighted by atomic mass is 19.1. The molecule has 0 aliphatic carbocycles. The van der Waals surface area contributed by atoms with Crippen molar-refractivity contribution in [3.63, 3.8) is 0 Å². The summed E-state index contributed by atoms with van der Waals surface area (Å²) >= 11 is 0. The molecule has 1 saturated heterocycles. The van der Waals surface area contributed by atoms with Crippen molar-refractivity contribution in [2.24, 2.45) is 17.6 Å². The van der Waals surface area contributed by atoms with Crippen LogP contribution in [0.1, 0.15) is 17.3 Å². The number of halogens is 1. The molecule has 1 aromatic rings. The molecule has 2 atom stereocenters. The molecule has 1 fully saturated rings. The molecular weight excluding hydrogens is 249 g/mol. The zero-order chi connectivity index (χ0) is 14.0. The average Bonchev–Trinajstić information content (AvgIpc) is 2.77. The van der Waals surface area contributed by atoms with E-state index < -0.39 is 11.7 Å². The molecule has 2 rings (SSSR count). The summed E-state index contributed by atoms with van der Waals surface area (Å²) in [6.45, 7) is 3.41. The van der Waals surface area contributed by atoms with Gasteiger partial charge in [-0.25, -0.2) is 4.39 Å². The molecule has 102 valence electrons. The average molecular weight is 265 g/mol. The Morgan fingerprint density at radius 1 is 1.42 bits per heavy atom. The maximum Gasteiger partial charge on any atom is 0.251 e. The number of rotatable bonds is 3. The Hall–Kier alpha value is -1.95. The molecule has 2 unspecified atom stereocenters. The lowest BCUT2D eigenvalue weighted by Crippen LogP contribution is -2.28. The molecule has 0 radical (unpaired) electrons. The molecule has 0 spiro atoms. The van der Waals surface area contributed by atoms with Gasteiger partial charge in [0.05, 0.1) is 11.5 Å². The quantitative estimate of drug-likeness (QED) is 0.753. The van der Waals surface area contributed by atoms with Crippen LogP contribution in [0.25, 0.3) is 0 Å². The second kappa shape index (κ2) is 5.36. The van der Waals surface area contributed by atoms with E-state index in [4.69, 9.17) is 5.73 Å². The van der Waals surface area contributed by atoms with Crippen LogP contribution in [0.4, 0.5) is 10.1 Å². The van der Waals surface area contributed by atoms with Crippen LogP contribution in [0, 0.1) is 17.7 Å². The van der Waals surface area contributed by atoms with Crippen LogP contribution in [0.5, 0.6) is 0 Å². The van der Waals surface area contributed by atoms with Gasteiger partial charge in [-0.15, -0.1) is 0 Å². The van der Waals surface area contributed by atoms with Gasteiger partial charge in [0.25, 0.3) is 5.91 Å². The van der Waals surface area contributed by atoms with E-state index in [9.17, 15) is 14.0 Å². The first-order chi connectivity index (χ1) is 8.99. The van der Waals surface area contributed by atoms with E-state index in [0.29, 0.717) is 12.2 Å². The summed E-state index contributed by atoms with van der Waals surface area (Å²) in [5, 5.41) is 5.82. The molecule has 5 nitrogen and oxygen atoms in total. The van der Waals surface area contributed by atoms with Gasteiger partial charge in [0.2, 0.25) is 5.91 Å². The number of nitrogens with two attached hydrogens (primary N) is 1. The van der Waals surface area contributed by atoms with Crippen LogP contribution in [-0.4, -0.2) is 24.9 Å². The predicted octanol–water partition coefficient (Wildman–Crippen LogP) is 0.719. The van der Waals surface area contributed by atoms with Gasteiger partial charge in [0.1, 0.15) is 5.82 Å². The van der Waals surface area contributed by atoms with Crippen molar-refractivity contribution in [3.8, 4) is 0 Å². The van der Waals surface area contributed by atoms with E-state index in [1.807, 2.05) is 6.92 Å². The lowest BCUT2D eigenvalue weighted by atomic mass is 9.97. The van der Waals surface area contributed by atoms with E-state index >= 15 is 0 Å². The summed E-state index contributed by atoms with van der Waals surface area (Å²) < 4.78 is 13.3. The second-order valence-electron chi connectivity index (χ2n) is 4.79. The Morgan fingerprint density at radius 2 is 2.16 bits per heavy atom. The predicted molar refractivity (Wildman–Crippen MR) is 69.1 cm³/mol. The van der Waals surface area contributed by atoms with E-state index in [2.05, 4.69) is 10.6 Å². The topological polar surface area (TPSA) is 84.2 Å². The standard InChI is InChI=1S/C13H16FN3O2/c1-7-5-16-6-10(7)13(19)17-8-2-3-11(14)9(4-8)12(15)18/h2-4,7,10,16H,5-6H2,1H3,(H2,15,18)(H,17,19). The molecule has 1 aliphatic heterocycles. The molecule has 4 N–H and O–H groups in total. The van der Waals surface area contributed by atoms with Crippen molar-refractivity contribution < 1.29 is 14.0 Å². The molecular formula is C13H16FN3O2. The number of nitrogens with one attached hydrogen (secondary N) is 2. The van der Waals surface area contributed by atoms with Crippen LogP contribution in [0.2, 0.25) is 0 Å². The monoisotopic (exact) mass is 265 g/mol. The lowest BCUT2D eigenvalue weighted by molar-refractivity contribution is -0.120. The summed E-state index contributed by atoms with van der Waals surface area (Å²) in [7, 11) is 0. The van der Waals surface area contributed by atoms with Gasteiger partial charge < -0.3 is 16.4 Å². The molecule has 1 heterocycles.